The molecule has 0 aliphatic heterocycles. The second kappa shape index (κ2) is 43.7. The quantitative estimate of drug-likeness (QED) is 0.335. The highest BCUT2D eigenvalue weighted by Crippen LogP contribution is 2.01. The van der Waals surface area contributed by atoms with Crippen LogP contribution in [-0.4, -0.2) is 0 Å². The summed E-state index contributed by atoms with van der Waals surface area (Å²) in [6, 6.07) is 0. The van der Waals surface area contributed by atoms with Crippen LogP contribution in [0.1, 0.15) is 59.3 Å². The molecule has 0 bridgehead atoms. The summed E-state index contributed by atoms with van der Waals surface area (Å²) >= 11 is 0. The molecule has 0 aliphatic rings. The molecule has 19 heavy (non-hydrogen) atoms. The van der Waals surface area contributed by atoms with E-state index < -0.39 is 0 Å². The van der Waals surface area contributed by atoms with Crippen molar-refractivity contribution in [3.8, 4) is 0 Å². The number of rotatable bonds is 7. The predicted octanol–water partition coefficient (Wildman–Crippen LogP) is 7.28. The molecule has 0 atom stereocenters. The number of unbranched alkanes of at least 4 members (excludes halogenated alkanes) is 4. The Labute approximate surface area is 123 Å². The van der Waals surface area contributed by atoms with Gasteiger partial charge in [-0.25, -0.2) is 0 Å². The molecule has 0 nitrogen and oxygen atoms in total. The van der Waals surface area contributed by atoms with Crippen LogP contribution in [0.15, 0.2) is 63.3 Å². The van der Waals surface area contributed by atoms with Gasteiger partial charge in [-0.05, 0) is 33.1 Å². The topological polar surface area (TPSA) is 0 Å². The third kappa shape index (κ3) is 80.4. The summed E-state index contributed by atoms with van der Waals surface area (Å²) in [6.45, 7) is 22.7. The molecule has 0 aromatic carbocycles. The van der Waals surface area contributed by atoms with Gasteiger partial charge < -0.3 is 0 Å². The van der Waals surface area contributed by atoms with Crippen molar-refractivity contribution in [2.45, 2.75) is 59.3 Å². The smallest absolute Gasteiger partial charge is 0.0172 e. The minimum atomic E-state index is 0.997. The standard InChI is InChI=1S/C8H16.C6H10.C3H6.C2H4/c1-3-5-7-8-6-4-2;1-3-5-6-4-2;1-3-2;1-2/h3H,1,4-8H2,2H3;3-4,6H,1,5H2,2H3;3H,1H2,2H3;1-2H2/b;6-4+;;. The van der Waals surface area contributed by atoms with Crippen LogP contribution < -0.4 is 0 Å². The summed E-state index contributed by atoms with van der Waals surface area (Å²) < 4.78 is 0. The third-order valence-corrected chi connectivity index (χ3v) is 1.80. The van der Waals surface area contributed by atoms with Gasteiger partial charge in [0.2, 0.25) is 0 Å². The van der Waals surface area contributed by atoms with Gasteiger partial charge in [0.05, 0.1) is 0 Å². The maximum atomic E-state index is 3.66. The van der Waals surface area contributed by atoms with E-state index in [2.05, 4.69) is 45.9 Å². The Balaban J connectivity index is -0.0000000904. The van der Waals surface area contributed by atoms with Crippen LogP contribution in [-0.2, 0) is 0 Å². The van der Waals surface area contributed by atoms with E-state index in [1.54, 1.807) is 6.08 Å². The van der Waals surface area contributed by atoms with E-state index in [0.717, 1.165) is 6.42 Å². The SMILES string of the molecule is C=C.C=CC.C=CC/C=C/C.C=CCCCCCC. The van der Waals surface area contributed by atoms with E-state index >= 15 is 0 Å². The minimum absolute atomic E-state index is 0.997. The van der Waals surface area contributed by atoms with Gasteiger partial charge in [0.25, 0.3) is 0 Å². The molecule has 0 heteroatoms. The molecule has 0 amide bonds. The molecule has 0 fully saturated rings. The summed E-state index contributed by atoms with van der Waals surface area (Å²) in [5.41, 5.74) is 0. The van der Waals surface area contributed by atoms with E-state index in [9.17, 15) is 0 Å². The summed E-state index contributed by atoms with van der Waals surface area (Å²) in [5, 5.41) is 0. The van der Waals surface area contributed by atoms with Crippen molar-refractivity contribution in [1.82, 2.24) is 0 Å². The van der Waals surface area contributed by atoms with Crippen molar-refractivity contribution in [2.75, 3.05) is 0 Å². The van der Waals surface area contributed by atoms with E-state index in [0.29, 0.717) is 0 Å². The van der Waals surface area contributed by atoms with Crippen molar-refractivity contribution in [3.63, 3.8) is 0 Å². The monoisotopic (exact) mass is 264 g/mol. The fourth-order valence-electron chi connectivity index (χ4n) is 0.948. The molecular weight excluding hydrogens is 228 g/mol. The van der Waals surface area contributed by atoms with Crippen molar-refractivity contribution < 1.29 is 0 Å². The Morgan fingerprint density at radius 1 is 0.842 bits per heavy atom. The van der Waals surface area contributed by atoms with E-state index in [4.69, 9.17) is 0 Å². The molecule has 0 N–H and O–H groups in total. The summed E-state index contributed by atoms with van der Waals surface area (Å²) in [4.78, 5) is 0. The van der Waals surface area contributed by atoms with Crippen molar-refractivity contribution in [1.29, 1.82) is 0 Å². The van der Waals surface area contributed by atoms with Crippen molar-refractivity contribution in [3.05, 3.63) is 63.3 Å². The Bertz CT molecular complexity index is 174. The van der Waals surface area contributed by atoms with Crippen LogP contribution in [0.3, 0.4) is 0 Å². The van der Waals surface area contributed by atoms with Gasteiger partial charge in [-0.15, -0.1) is 32.9 Å². The van der Waals surface area contributed by atoms with Crippen molar-refractivity contribution >= 4 is 0 Å². The summed E-state index contributed by atoms with van der Waals surface area (Å²) in [6.07, 6.45) is 17.3. The van der Waals surface area contributed by atoms with Crippen LogP contribution in [0.25, 0.3) is 0 Å². The lowest BCUT2D eigenvalue weighted by Gasteiger charge is -1.91. The molecule has 0 aliphatic carbocycles. The zero-order valence-corrected chi connectivity index (χ0v) is 13.7. The van der Waals surface area contributed by atoms with Crippen LogP contribution >= 0.6 is 0 Å². The van der Waals surface area contributed by atoms with Crippen LogP contribution in [0.2, 0.25) is 0 Å². The highest BCUT2D eigenvalue weighted by molar-refractivity contribution is 4.85. The van der Waals surface area contributed by atoms with Crippen LogP contribution in [0.5, 0.6) is 0 Å². The average molecular weight is 264 g/mol. The van der Waals surface area contributed by atoms with E-state index in [1.807, 2.05) is 32.1 Å². The molecule has 0 unspecified atom stereocenters. The second-order valence-electron chi connectivity index (χ2n) is 3.64. The van der Waals surface area contributed by atoms with Gasteiger partial charge in [0.1, 0.15) is 0 Å². The Hall–Kier alpha value is -1.30. The molecule has 0 aromatic heterocycles. The Morgan fingerprint density at radius 2 is 1.37 bits per heavy atom. The molecule has 0 rings (SSSR count). The number of hydrogen-bond acceptors (Lipinski definition) is 0. The number of hydrogen-bond donors (Lipinski definition) is 0. The zero-order valence-electron chi connectivity index (χ0n) is 13.7. The number of allylic oxidation sites excluding steroid dienone is 5. The first kappa shape index (κ1) is 26.3. The molecule has 0 saturated heterocycles. The van der Waals surface area contributed by atoms with Gasteiger partial charge in [0.15, 0.2) is 0 Å². The molecule has 0 saturated carbocycles. The van der Waals surface area contributed by atoms with Gasteiger partial charge in [-0.2, -0.15) is 0 Å². The molecule has 0 aromatic rings. The van der Waals surface area contributed by atoms with Crippen molar-refractivity contribution in [2.24, 2.45) is 0 Å². The molecule has 0 spiro atoms. The summed E-state index contributed by atoms with van der Waals surface area (Å²) in [7, 11) is 0. The Morgan fingerprint density at radius 3 is 1.63 bits per heavy atom. The molecule has 0 heterocycles. The fourth-order valence-corrected chi connectivity index (χ4v) is 0.948. The fraction of sp³-hybridized carbons (Fsp3) is 0.474. The third-order valence-electron chi connectivity index (χ3n) is 1.80. The molecule has 0 radical (unpaired) electrons. The maximum Gasteiger partial charge on any atom is -0.0172 e. The normalized spacial score (nSPS) is 7.74. The van der Waals surface area contributed by atoms with Crippen LogP contribution in [0, 0.1) is 0 Å². The second-order valence-corrected chi connectivity index (χ2v) is 3.64. The minimum Gasteiger partial charge on any atom is -0.106 e. The zero-order chi connectivity index (χ0) is 15.8. The average Bonchev–Trinajstić information content (AvgIpc) is 2.45. The van der Waals surface area contributed by atoms with E-state index in [1.165, 1.54) is 32.1 Å². The predicted molar refractivity (Wildman–Crippen MR) is 95.7 cm³/mol. The lowest BCUT2D eigenvalue weighted by atomic mass is 10.2. The van der Waals surface area contributed by atoms with Gasteiger partial charge >= 0.3 is 0 Å². The molecular formula is C19H36. The van der Waals surface area contributed by atoms with Gasteiger partial charge in [-0.1, -0.05) is 56.6 Å². The first-order chi connectivity index (χ1) is 9.24. The summed E-state index contributed by atoms with van der Waals surface area (Å²) in [5.74, 6) is 0. The molecule has 112 valence electrons. The highest BCUT2D eigenvalue weighted by Gasteiger charge is 1.81. The van der Waals surface area contributed by atoms with Gasteiger partial charge in [-0.3, -0.25) is 0 Å². The maximum absolute atomic E-state index is 3.66. The lowest BCUT2D eigenvalue weighted by Crippen LogP contribution is -1.71. The Kier molecular flexibility index (Phi) is 60.6. The first-order valence-corrected chi connectivity index (χ1v) is 7.14. The highest BCUT2D eigenvalue weighted by atomic mass is 13.9. The first-order valence-electron chi connectivity index (χ1n) is 7.14. The van der Waals surface area contributed by atoms with E-state index in [-0.39, 0.29) is 0 Å². The van der Waals surface area contributed by atoms with Crippen LogP contribution in [0.4, 0.5) is 0 Å². The largest absolute Gasteiger partial charge is 0.106 e. The van der Waals surface area contributed by atoms with Gasteiger partial charge in [0, 0.05) is 0 Å². The lowest BCUT2D eigenvalue weighted by molar-refractivity contribution is 0.675.